The number of aryl methyl sites for hydroxylation is 1. The number of amides is 1. The molecule has 1 fully saturated rings. The Kier molecular flexibility index (Phi) is 3.71. The molecule has 1 amide bonds. The summed E-state index contributed by atoms with van der Waals surface area (Å²) in [5.74, 6) is -1.29. The Morgan fingerprint density at radius 2 is 2.08 bits per heavy atom. The van der Waals surface area contributed by atoms with Gasteiger partial charge in [-0.25, -0.2) is 18.7 Å². The van der Waals surface area contributed by atoms with Crippen LogP contribution in [0.1, 0.15) is 28.5 Å². The number of likely N-dealkylation sites (tertiary alicyclic amines) is 1. The number of aromatic nitrogens is 3. The van der Waals surface area contributed by atoms with Crippen molar-refractivity contribution in [1.29, 1.82) is 0 Å². The molecule has 25 heavy (non-hydrogen) atoms. The highest BCUT2D eigenvalue weighted by molar-refractivity contribution is 5.94. The van der Waals surface area contributed by atoms with E-state index < -0.39 is 11.6 Å². The maximum absolute atomic E-state index is 13.4. The van der Waals surface area contributed by atoms with Gasteiger partial charge in [0.15, 0.2) is 17.3 Å². The molecule has 7 heteroatoms. The molecule has 0 spiro atoms. The van der Waals surface area contributed by atoms with Crippen LogP contribution in [0.25, 0.3) is 11.2 Å². The van der Waals surface area contributed by atoms with Crippen LogP contribution in [0.3, 0.4) is 0 Å². The van der Waals surface area contributed by atoms with Crippen molar-refractivity contribution in [3.05, 3.63) is 59.6 Å². The molecule has 0 unspecified atom stereocenters. The van der Waals surface area contributed by atoms with Gasteiger partial charge in [-0.1, -0.05) is 0 Å². The van der Waals surface area contributed by atoms with Gasteiger partial charge < -0.3 is 9.47 Å². The van der Waals surface area contributed by atoms with Crippen LogP contribution in [0.4, 0.5) is 8.78 Å². The summed E-state index contributed by atoms with van der Waals surface area (Å²) in [6, 6.07) is 6.99. The molecule has 5 nitrogen and oxygen atoms in total. The second-order valence-electron chi connectivity index (χ2n) is 6.24. The van der Waals surface area contributed by atoms with E-state index in [-0.39, 0.29) is 17.4 Å². The van der Waals surface area contributed by atoms with Crippen molar-refractivity contribution >= 4 is 17.1 Å². The second-order valence-corrected chi connectivity index (χ2v) is 6.24. The Morgan fingerprint density at radius 1 is 1.24 bits per heavy atom. The zero-order chi connectivity index (χ0) is 17.6. The minimum absolute atomic E-state index is 0.0912. The lowest BCUT2D eigenvalue weighted by Crippen LogP contribution is -2.28. The third kappa shape index (κ3) is 2.65. The van der Waals surface area contributed by atoms with Crippen molar-refractivity contribution < 1.29 is 13.6 Å². The third-order valence-electron chi connectivity index (χ3n) is 4.67. The van der Waals surface area contributed by atoms with Gasteiger partial charge in [-0.2, -0.15) is 0 Å². The average molecular weight is 342 g/mol. The zero-order valence-corrected chi connectivity index (χ0v) is 13.6. The summed E-state index contributed by atoms with van der Waals surface area (Å²) in [5.41, 5.74) is 1.79. The lowest BCUT2D eigenvalue weighted by atomic mass is 10.1. The number of halogens is 2. The predicted octanol–water partition coefficient (Wildman–Crippen LogP) is 2.88. The van der Waals surface area contributed by atoms with E-state index in [0.717, 1.165) is 35.5 Å². The molecule has 3 heterocycles. The Hall–Kier alpha value is -2.83. The van der Waals surface area contributed by atoms with Crippen molar-refractivity contribution in [3.8, 4) is 0 Å². The number of carbonyl (C=O) groups excluding carboxylic acids is 1. The molecule has 0 bridgehead atoms. The van der Waals surface area contributed by atoms with E-state index in [4.69, 9.17) is 0 Å². The van der Waals surface area contributed by atoms with Gasteiger partial charge in [-0.15, -0.1) is 0 Å². The molecule has 1 atom stereocenters. The summed E-state index contributed by atoms with van der Waals surface area (Å²) in [4.78, 5) is 23.2. The highest BCUT2D eigenvalue weighted by Gasteiger charge is 2.31. The van der Waals surface area contributed by atoms with Crippen molar-refractivity contribution in [2.45, 2.75) is 12.3 Å². The molecule has 128 valence electrons. The first kappa shape index (κ1) is 15.7. The van der Waals surface area contributed by atoms with Gasteiger partial charge in [0.05, 0.1) is 0 Å². The lowest BCUT2D eigenvalue weighted by molar-refractivity contribution is 0.0790. The highest BCUT2D eigenvalue weighted by Crippen LogP contribution is 2.29. The van der Waals surface area contributed by atoms with Crippen LogP contribution in [-0.4, -0.2) is 38.4 Å². The summed E-state index contributed by atoms with van der Waals surface area (Å²) >= 11 is 0. The molecule has 0 saturated carbocycles. The van der Waals surface area contributed by atoms with Crippen LogP contribution < -0.4 is 0 Å². The van der Waals surface area contributed by atoms with E-state index in [2.05, 4.69) is 9.97 Å². The van der Waals surface area contributed by atoms with Crippen LogP contribution in [-0.2, 0) is 7.05 Å². The van der Waals surface area contributed by atoms with E-state index in [9.17, 15) is 13.6 Å². The Balaban J connectivity index is 1.57. The molecule has 1 aliphatic rings. The summed E-state index contributed by atoms with van der Waals surface area (Å²) in [6.07, 6.45) is 2.49. The van der Waals surface area contributed by atoms with Crippen LogP contribution >= 0.6 is 0 Å². The monoisotopic (exact) mass is 342 g/mol. The lowest BCUT2D eigenvalue weighted by Gasteiger charge is -2.16. The molecule has 4 rings (SSSR count). The summed E-state index contributed by atoms with van der Waals surface area (Å²) in [7, 11) is 1.91. The maximum Gasteiger partial charge on any atom is 0.253 e. The number of carbonyl (C=O) groups is 1. The molecule has 0 aliphatic carbocycles. The van der Waals surface area contributed by atoms with Crippen molar-refractivity contribution in [2.75, 3.05) is 13.1 Å². The van der Waals surface area contributed by atoms with E-state index in [1.165, 1.54) is 6.07 Å². The van der Waals surface area contributed by atoms with Crippen molar-refractivity contribution in [3.63, 3.8) is 0 Å². The maximum atomic E-state index is 13.4. The molecule has 1 aromatic carbocycles. The van der Waals surface area contributed by atoms with Gasteiger partial charge in [0.1, 0.15) is 11.3 Å². The Morgan fingerprint density at radius 3 is 2.84 bits per heavy atom. The van der Waals surface area contributed by atoms with Gasteiger partial charge in [-0.05, 0) is 36.8 Å². The third-order valence-corrected chi connectivity index (χ3v) is 4.67. The number of hydrogen-bond donors (Lipinski definition) is 0. The Labute approximate surface area is 142 Å². The van der Waals surface area contributed by atoms with E-state index in [1.807, 2.05) is 23.7 Å². The van der Waals surface area contributed by atoms with E-state index in [0.29, 0.717) is 13.1 Å². The topological polar surface area (TPSA) is 51.0 Å². The summed E-state index contributed by atoms with van der Waals surface area (Å²) in [6.45, 7) is 1.05. The molecule has 2 aromatic heterocycles. The number of hydrogen-bond acceptors (Lipinski definition) is 3. The smallest absolute Gasteiger partial charge is 0.253 e. The molecule has 0 radical (unpaired) electrons. The summed E-state index contributed by atoms with van der Waals surface area (Å²) < 4.78 is 28.4. The normalized spacial score (nSPS) is 17.4. The molecule has 1 aliphatic heterocycles. The molecule has 3 aromatic rings. The first-order chi connectivity index (χ1) is 12.0. The average Bonchev–Trinajstić information content (AvgIpc) is 3.22. The summed E-state index contributed by atoms with van der Waals surface area (Å²) in [5, 5.41) is 0. The largest absolute Gasteiger partial charge is 0.338 e. The van der Waals surface area contributed by atoms with Gasteiger partial charge in [0, 0.05) is 37.8 Å². The van der Waals surface area contributed by atoms with Gasteiger partial charge in [0.25, 0.3) is 5.91 Å². The first-order valence-electron chi connectivity index (χ1n) is 8.06. The number of nitrogens with zero attached hydrogens (tertiary/aromatic N) is 4. The number of rotatable bonds is 2. The predicted molar refractivity (Wildman–Crippen MR) is 88.1 cm³/mol. The minimum atomic E-state index is -1.01. The number of benzene rings is 1. The number of imidazole rings is 1. The minimum Gasteiger partial charge on any atom is -0.338 e. The highest BCUT2D eigenvalue weighted by atomic mass is 19.2. The van der Waals surface area contributed by atoms with E-state index in [1.54, 1.807) is 11.1 Å². The standard InChI is InChI=1S/C18H16F2N4O/c1-23-16(22-15-3-2-7-21-17(15)23)12-6-8-24(10-12)18(25)11-4-5-13(19)14(20)9-11/h2-5,7,9,12H,6,8,10H2,1H3/t12-/m1/s1. The van der Waals surface area contributed by atoms with Crippen LogP contribution in [0.5, 0.6) is 0 Å². The second kappa shape index (κ2) is 5.91. The molecule has 0 N–H and O–H groups in total. The van der Waals surface area contributed by atoms with Gasteiger partial charge in [0.2, 0.25) is 0 Å². The number of fused-ring (bicyclic) bond motifs is 1. The quantitative estimate of drug-likeness (QED) is 0.720. The van der Waals surface area contributed by atoms with Crippen LogP contribution in [0, 0.1) is 11.6 Å². The van der Waals surface area contributed by atoms with Crippen LogP contribution in [0.2, 0.25) is 0 Å². The van der Waals surface area contributed by atoms with E-state index >= 15 is 0 Å². The van der Waals surface area contributed by atoms with Gasteiger partial charge >= 0.3 is 0 Å². The molecular weight excluding hydrogens is 326 g/mol. The van der Waals surface area contributed by atoms with Crippen molar-refractivity contribution in [2.24, 2.45) is 7.05 Å². The van der Waals surface area contributed by atoms with Crippen molar-refractivity contribution in [1.82, 2.24) is 19.4 Å². The Bertz CT molecular complexity index is 969. The molecule has 1 saturated heterocycles. The fourth-order valence-corrected chi connectivity index (χ4v) is 3.37. The molecular formula is C18H16F2N4O. The van der Waals surface area contributed by atoms with Gasteiger partial charge in [-0.3, -0.25) is 4.79 Å². The zero-order valence-electron chi connectivity index (χ0n) is 13.6. The fourth-order valence-electron chi connectivity index (χ4n) is 3.37. The first-order valence-corrected chi connectivity index (χ1v) is 8.06. The van der Waals surface area contributed by atoms with Crippen LogP contribution in [0.15, 0.2) is 36.5 Å². The SMILES string of the molecule is Cn1c([C@@H]2CCN(C(=O)c3ccc(F)c(F)c3)C2)nc2cccnc21. The fraction of sp³-hybridized carbons (Fsp3) is 0.278. The number of pyridine rings is 1.